The molecule has 0 saturated heterocycles. The van der Waals surface area contributed by atoms with Crippen LogP contribution in [0, 0.1) is 0 Å². The van der Waals surface area contributed by atoms with Gasteiger partial charge in [0.15, 0.2) is 17.5 Å². The minimum absolute atomic E-state index is 0.138. The molecule has 0 bridgehead atoms. The summed E-state index contributed by atoms with van der Waals surface area (Å²) in [6, 6.07) is 54.2. The first-order chi connectivity index (χ1) is 25.2. The van der Waals surface area contributed by atoms with E-state index in [0.29, 0.717) is 17.5 Å². The highest BCUT2D eigenvalue weighted by atomic mass is 15.0. The number of aromatic nitrogens is 3. The largest absolute Gasteiger partial charge is 0.208 e. The van der Waals surface area contributed by atoms with Crippen molar-refractivity contribution in [3.05, 3.63) is 163 Å². The maximum Gasteiger partial charge on any atom is 0.164 e. The third-order valence-corrected chi connectivity index (χ3v) is 11.2. The summed E-state index contributed by atoms with van der Waals surface area (Å²) in [5, 5.41) is 4.79. The number of nitrogens with zero attached hydrogens (tertiary/aromatic N) is 3. The Balaban J connectivity index is 1.16. The molecule has 0 saturated carbocycles. The monoisotopic (exact) mass is 671 g/mol. The highest BCUT2D eigenvalue weighted by Gasteiger charge is 2.37. The Hall–Kier alpha value is -5.93. The molecule has 3 nitrogen and oxygen atoms in total. The van der Waals surface area contributed by atoms with Crippen LogP contribution in [0.15, 0.2) is 152 Å². The van der Waals surface area contributed by atoms with E-state index in [1.54, 1.807) is 0 Å². The SMILES string of the molecule is CC1(C)CCC(C)(C)c2cc(-c3ccc(-c4nc(-c5ccccc5)nc(-c5ccc(-c6ccc7ccccc7c6)cc5)n4)c4ccccc34)ccc21. The molecule has 0 N–H and O–H groups in total. The van der Waals surface area contributed by atoms with E-state index < -0.39 is 0 Å². The minimum atomic E-state index is 0.138. The van der Waals surface area contributed by atoms with Gasteiger partial charge in [-0.15, -0.1) is 0 Å². The smallest absolute Gasteiger partial charge is 0.164 e. The summed E-state index contributed by atoms with van der Waals surface area (Å²) in [4.78, 5) is 15.3. The number of hydrogen-bond acceptors (Lipinski definition) is 3. The molecule has 0 amide bonds. The molecule has 0 unspecified atom stereocenters. The van der Waals surface area contributed by atoms with Crippen LogP contribution in [-0.2, 0) is 10.8 Å². The fraction of sp³-hybridized carbons (Fsp3) is 0.163. The lowest BCUT2D eigenvalue weighted by atomic mass is 9.63. The first-order valence-electron chi connectivity index (χ1n) is 18.3. The molecule has 1 heterocycles. The Morgan fingerprint density at radius 2 is 0.885 bits per heavy atom. The van der Waals surface area contributed by atoms with Gasteiger partial charge in [-0.2, -0.15) is 0 Å². The molecule has 1 aliphatic rings. The predicted octanol–water partition coefficient (Wildman–Crippen LogP) is 12.9. The molecule has 3 heteroatoms. The molecule has 252 valence electrons. The number of benzene rings is 7. The van der Waals surface area contributed by atoms with E-state index in [9.17, 15) is 0 Å². The van der Waals surface area contributed by atoms with Crippen LogP contribution in [0.25, 0.3) is 78.0 Å². The zero-order chi connectivity index (χ0) is 35.5. The Morgan fingerprint density at radius 3 is 1.62 bits per heavy atom. The van der Waals surface area contributed by atoms with E-state index >= 15 is 0 Å². The van der Waals surface area contributed by atoms with Gasteiger partial charge in [-0.1, -0.05) is 167 Å². The van der Waals surface area contributed by atoms with Crippen molar-refractivity contribution >= 4 is 21.5 Å². The molecule has 0 fully saturated rings. The fourth-order valence-corrected chi connectivity index (χ4v) is 8.02. The molecule has 0 radical (unpaired) electrons. The second-order valence-electron chi connectivity index (χ2n) is 15.5. The average molecular weight is 672 g/mol. The van der Waals surface area contributed by atoms with Crippen LogP contribution >= 0.6 is 0 Å². The molecule has 8 aromatic rings. The molecule has 1 aliphatic carbocycles. The lowest BCUT2D eigenvalue weighted by Crippen LogP contribution is -2.33. The van der Waals surface area contributed by atoms with Crippen molar-refractivity contribution in [2.24, 2.45) is 0 Å². The fourth-order valence-electron chi connectivity index (χ4n) is 8.02. The zero-order valence-corrected chi connectivity index (χ0v) is 30.2. The van der Waals surface area contributed by atoms with Gasteiger partial charge in [-0.3, -0.25) is 0 Å². The van der Waals surface area contributed by atoms with Crippen molar-refractivity contribution in [2.45, 2.75) is 51.4 Å². The number of hydrogen-bond donors (Lipinski definition) is 0. The molecular weight excluding hydrogens is 631 g/mol. The van der Waals surface area contributed by atoms with E-state index in [4.69, 9.17) is 15.0 Å². The van der Waals surface area contributed by atoms with Gasteiger partial charge in [-0.05, 0) is 90.7 Å². The third kappa shape index (κ3) is 5.67. The molecule has 9 rings (SSSR count). The van der Waals surface area contributed by atoms with E-state index in [1.807, 2.05) is 18.2 Å². The molecule has 0 spiro atoms. The summed E-state index contributed by atoms with van der Waals surface area (Å²) >= 11 is 0. The predicted molar refractivity (Wildman–Crippen MR) is 217 cm³/mol. The normalized spacial score (nSPS) is 14.7. The van der Waals surface area contributed by atoms with Crippen LogP contribution in [0.5, 0.6) is 0 Å². The Labute approximate surface area is 306 Å². The van der Waals surface area contributed by atoms with Crippen LogP contribution in [0.1, 0.15) is 51.7 Å². The van der Waals surface area contributed by atoms with Crippen LogP contribution in [0.4, 0.5) is 0 Å². The third-order valence-electron chi connectivity index (χ3n) is 11.2. The Bertz CT molecular complexity index is 2620. The van der Waals surface area contributed by atoms with Gasteiger partial charge in [0, 0.05) is 16.7 Å². The lowest BCUT2D eigenvalue weighted by molar-refractivity contribution is 0.332. The van der Waals surface area contributed by atoms with Crippen LogP contribution in [0.2, 0.25) is 0 Å². The van der Waals surface area contributed by atoms with Crippen molar-refractivity contribution in [1.29, 1.82) is 0 Å². The second kappa shape index (κ2) is 12.4. The van der Waals surface area contributed by atoms with E-state index in [2.05, 4.69) is 161 Å². The number of fused-ring (bicyclic) bond motifs is 3. The molecular formula is C49H41N3. The van der Waals surface area contributed by atoms with Crippen molar-refractivity contribution in [1.82, 2.24) is 15.0 Å². The van der Waals surface area contributed by atoms with Gasteiger partial charge in [0.2, 0.25) is 0 Å². The van der Waals surface area contributed by atoms with Gasteiger partial charge in [-0.25, -0.2) is 15.0 Å². The Morgan fingerprint density at radius 1 is 0.365 bits per heavy atom. The van der Waals surface area contributed by atoms with E-state index in [1.165, 1.54) is 56.8 Å². The maximum atomic E-state index is 5.17. The summed E-state index contributed by atoms with van der Waals surface area (Å²) in [6.45, 7) is 9.56. The highest BCUT2D eigenvalue weighted by Crippen LogP contribution is 2.47. The van der Waals surface area contributed by atoms with Crippen molar-refractivity contribution < 1.29 is 0 Å². The standard InChI is InChI=1S/C49H41N3/c1-48(2)28-29-49(3,4)44-31-38(24-27-43(44)48)39-25-26-42(41-17-11-10-16-40(39)41)47-51-45(34-13-6-5-7-14-34)50-46(52-47)35-21-18-33(19-22-35)37-23-20-32-12-8-9-15-36(32)30-37/h5-27,30-31H,28-29H2,1-4H3. The van der Waals surface area contributed by atoms with Crippen LogP contribution in [-0.4, -0.2) is 15.0 Å². The van der Waals surface area contributed by atoms with Gasteiger partial charge >= 0.3 is 0 Å². The summed E-state index contributed by atoms with van der Waals surface area (Å²) in [5.41, 5.74) is 11.0. The highest BCUT2D eigenvalue weighted by molar-refractivity contribution is 6.04. The lowest BCUT2D eigenvalue weighted by Gasteiger charge is -2.42. The van der Waals surface area contributed by atoms with Crippen LogP contribution in [0.3, 0.4) is 0 Å². The number of rotatable bonds is 5. The van der Waals surface area contributed by atoms with Gasteiger partial charge in [0.1, 0.15) is 0 Å². The summed E-state index contributed by atoms with van der Waals surface area (Å²) in [5.74, 6) is 1.98. The van der Waals surface area contributed by atoms with E-state index in [0.717, 1.165) is 27.6 Å². The van der Waals surface area contributed by atoms with Crippen molar-refractivity contribution in [3.8, 4) is 56.4 Å². The second-order valence-corrected chi connectivity index (χ2v) is 15.5. The first-order valence-corrected chi connectivity index (χ1v) is 18.3. The molecule has 0 aliphatic heterocycles. The van der Waals surface area contributed by atoms with Gasteiger partial charge in [0.05, 0.1) is 0 Å². The van der Waals surface area contributed by atoms with Crippen molar-refractivity contribution in [2.75, 3.05) is 0 Å². The van der Waals surface area contributed by atoms with Gasteiger partial charge in [0.25, 0.3) is 0 Å². The summed E-state index contributed by atoms with van der Waals surface area (Å²) in [6.07, 6.45) is 2.39. The minimum Gasteiger partial charge on any atom is -0.208 e. The summed E-state index contributed by atoms with van der Waals surface area (Å²) < 4.78 is 0. The van der Waals surface area contributed by atoms with E-state index in [-0.39, 0.29) is 10.8 Å². The molecule has 0 atom stereocenters. The quantitative estimate of drug-likeness (QED) is 0.183. The molecule has 7 aromatic carbocycles. The first kappa shape index (κ1) is 32.0. The van der Waals surface area contributed by atoms with Gasteiger partial charge < -0.3 is 0 Å². The zero-order valence-electron chi connectivity index (χ0n) is 30.2. The average Bonchev–Trinajstić information content (AvgIpc) is 3.19. The Kier molecular flexibility index (Phi) is 7.62. The van der Waals surface area contributed by atoms with Crippen molar-refractivity contribution in [3.63, 3.8) is 0 Å². The molecule has 52 heavy (non-hydrogen) atoms. The maximum absolute atomic E-state index is 5.17. The summed E-state index contributed by atoms with van der Waals surface area (Å²) in [7, 11) is 0. The molecule has 1 aromatic heterocycles. The topological polar surface area (TPSA) is 38.7 Å². The van der Waals surface area contributed by atoms with Crippen LogP contribution < -0.4 is 0 Å².